The molecule has 2 atom stereocenters. The number of carbonyl (C=O) groups excluding carboxylic acids is 1. The first-order chi connectivity index (χ1) is 10.8. The van der Waals surface area contributed by atoms with Crippen LogP contribution in [0.2, 0.25) is 0 Å². The number of nitrogens with zero attached hydrogens (tertiary/aromatic N) is 1. The molecule has 0 bridgehead atoms. The fourth-order valence-corrected chi connectivity index (χ4v) is 5.17. The van der Waals surface area contributed by atoms with E-state index >= 15 is 0 Å². The zero-order valence-electron chi connectivity index (χ0n) is 13.3. The molecule has 2 amide bonds. The summed E-state index contributed by atoms with van der Waals surface area (Å²) >= 11 is 5.97. The summed E-state index contributed by atoms with van der Waals surface area (Å²) in [6.45, 7) is 6.00. The molecule has 1 aliphatic heterocycles. The van der Waals surface area contributed by atoms with Crippen LogP contribution in [0.5, 0.6) is 0 Å². The molecule has 0 aromatic heterocycles. The van der Waals surface area contributed by atoms with Crippen LogP contribution in [0.1, 0.15) is 13.8 Å². The molecule has 1 aromatic rings. The number of carbonyl (C=O) groups is 1. The van der Waals surface area contributed by atoms with Crippen LogP contribution in [0.3, 0.4) is 0 Å². The van der Waals surface area contributed by atoms with E-state index in [2.05, 4.69) is 29.4 Å². The van der Waals surface area contributed by atoms with Crippen molar-refractivity contribution >= 4 is 38.8 Å². The van der Waals surface area contributed by atoms with Gasteiger partial charge in [-0.3, -0.25) is 0 Å². The van der Waals surface area contributed by atoms with Crippen LogP contribution < -0.4 is 15.5 Å². The third-order valence-corrected chi connectivity index (χ3v) is 6.23. The molecule has 1 fully saturated rings. The van der Waals surface area contributed by atoms with Gasteiger partial charge in [0.2, 0.25) is 0 Å². The van der Waals surface area contributed by atoms with Crippen LogP contribution in [0.25, 0.3) is 0 Å². The molecule has 0 spiro atoms. The Hall–Kier alpha value is -1.47. The lowest BCUT2D eigenvalue weighted by atomic mass is 10.2. The third kappa shape index (κ3) is 4.75. The lowest BCUT2D eigenvalue weighted by molar-refractivity contribution is 0.249. The average Bonchev–Trinajstić information content (AvgIpc) is 2.74. The number of anilines is 2. The Bertz CT molecular complexity index is 644. The van der Waals surface area contributed by atoms with E-state index in [1.54, 1.807) is 0 Å². The molecule has 1 aromatic carbocycles. The molecule has 0 aliphatic carbocycles. The highest BCUT2D eigenvalue weighted by molar-refractivity contribution is 7.91. The van der Waals surface area contributed by atoms with E-state index in [9.17, 15) is 13.2 Å². The van der Waals surface area contributed by atoms with Gasteiger partial charge in [-0.15, -0.1) is 11.6 Å². The van der Waals surface area contributed by atoms with Crippen molar-refractivity contribution < 1.29 is 13.2 Å². The monoisotopic (exact) mass is 359 g/mol. The van der Waals surface area contributed by atoms with Crippen molar-refractivity contribution in [3.63, 3.8) is 0 Å². The summed E-state index contributed by atoms with van der Waals surface area (Å²) in [5.74, 6) is -0.215. The quantitative estimate of drug-likeness (QED) is 0.789. The first-order valence-corrected chi connectivity index (χ1v) is 9.87. The largest absolute Gasteiger partial charge is 0.372 e. The predicted octanol–water partition coefficient (Wildman–Crippen LogP) is 2.06. The molecule has 1 heterocycles. The summed E-state index contributed by atoms with van der Waals surface area (Å²) < 4.78 is 23.0. The normalized spacial score (nSPS) is 22.6. The molecule has 1 saturated heterocycles. The van der Waals surface area contributed by atoms with Crippen LogP contribution in [-0.4, -0.2) is 50.5 Å². The van der Waals surface area contributed by atoms with Crippen LogP contribution in [0.4, 0.5) is 16.2 Å². The third-order valence-electron chi connectivity index (χ3n) is 3.85. The zero-order chi connectivity index (χ0) is 17.0. The fraction of sp³-hybridized carbons (Fsp3) is 0.533. The minimum Gasteiger partial charge on any atom is -0.372 e. The maximum Gasteiger partial charge on any atom is 0.319 e. The molecule has 2 unspecified atom stereocenters. The van der Waals surface area contributed by atoms with E-state index in [1.165, 1.54) is 0 Å². The van der Waals surface area contributed by atoms with Crippen molar-refractivity contribution in [1.29, 1.82) is 0 Å². The average molecular weight is 360 g/mol. The molecule has 1 aliphatic rings. The molecule has 128 valence electrons. The van der Waals surface area contributed by atoms with Gasteiger partial charge in [0.1, 0.15) is 0 Å². The minimum absolute atomic E-state index is 0.0991. The SMILES string of the molecule is CCN(CC)c1ccc(NC(=O)NC2CS(=O)(=O)CC2Cl)cc1. The molecule has 23 heavy (non-hydrogen) atoms. The molecule has 2 rings (SSSR count). The van der Waals surface area contributed by atoms with E-state index in [0.29, 0.717) is 5.69 Å². The van der Waals surface area contributed by atoms with Crippen molar-refractivity contribution in [3.8, 4) is 0 Å². The smallest absolute Gasteiger partial charge is 0.319 e. The Morgan fingerprint density at radius 1 is 1.22 bits per heavy atom. The van der Waals surface area contributed by atoms with Crippen LogP contribution in [0.15, 0.2) is 24.3 Å². The van der Waals surface area contributed by atoms with Gasteiger partial charge in [-0.05, 0) is 38.1 Å². The van der Waals surface area contributed by atoms with Gasteiger partial charge in [0.25, 0.3) is 0 Å². The first kappa shape index (κ1) is 17.9. The van der Waals surface area contributed by atoms with E-state index in [1.807, 2.05) is 24.3 Å². The Kier molecular flexibility index (Phi) is 5.75. The van der Waals surface area contributed by atoms with Gasteiger partial charge in [0.05, 0.1) is 22.9 Å². The van der Waals surface area contributed by atoms with E-state index in [-0.39, 0.29) is 11.5 Å². The Morgan fingerprint density at radius 3 is 2.30 bits per heavy atom. The molecule has 0 radical (unpaired) electrons. The number of alkyl halides is 1. The maximum atomic E-state index is 12.0. The number of benzene rings is 1. The van der Waals surface area contributed by atoms with Crippen molar-refractivity contribution in [2.24, 2.45) is 0 Å². The summed E-state index contributed by atoms with van der Waals surface area (Å²) in [5, 5.41) is 4.73. The fourth-order valence-electron chi connectivity index (χ4n) is 2.62. The number of hydrogen-bond donors (Lipinski definition) is 2. The van der Waals surface area contributed by atoms with Crippen LogP contribution in [0, 0.1) is 0 Å². The van der Waals surface area contributed by atoms with Crippen molar-refractivity contribution in [3.05, 3.63) is 24.3 Å². The number of rotatable bonds is 5. The van der Waals surface area contributed by atoms with Gasteiger partial charge in [0.15, 0.2) is 9.84 Å². The number of nitrogens with one attached hydrogen (secondary N) is 2. The van der Waals surface area contributed by atoms with Gasteiger partial charge >= 0.3 is 6.03 Å². The van der Waals surface area contributed by atoms with E-state index in [4.69, 9.17) is 11.6 Å². The summed E-state index contributed by atoms with van der Waals surface area (Å²) in [7, 11) is -3.16. The predicted molar refractivity (Wildman–Crippen MR) is 94.2 cm³/mol. The highest BCUT2D eigenvalue weighted by Gasteiger charge is 2.37. The van der Waals surface area contributed by atoms with Gasteiger partial charge in [-0.1, -0.05) is 0 Å². The van der Waals surface area contributed by atoms with E-state index < -0.39 is 27.3 Å². The standard InChI is InChI=1S/C15H22ClN3O3S/c1-3-19(4-2)12-7-5-11(6-8-12)17-15(20)18-14-10-23(21,22)9-13(14)16/h5-8,13-14H,3-4,9-10H2,1-2H3,(H2,17,18,20). The maximum absolute atomic E-state index is 12.0. The first-order valence-electron chi connectivity index (χ1n) is 7.61. The number of halogens is 1. The zero-order valence-corrected chi connectivity index (χ0v) is 14.8. The second kappa shape index (κ2) is 7.40. The van der Waals surface area contributed by atoms with Crippen molar-refractivity contribution in [2.75, 3.05) is 34.8 Å². The van der Waals surface area contributed by atoms with Gasteiger partial charge in [0, 0.05) is 24.5 Å². The number of urea groups is 1. The van der Waals surface area contributed by atoms with Crippen molar-refractivity contribution in [2.45, 2.75) is 25.3 Å². The topological polar surface area (TPSA) is 78.5 Å². The Balaban J connectivity index is 1.93. The summed E-state index contributed by atoms with van der Waals surface area (Å²) in [6.07, 6.45) is 0. The van der Waals surface area contributed by atoms with Gasteiger partial charge in [-0.25, -0.2) is 13.2 Å². The molecular formula is C15H22ClN3O3S. The van der Waals surface area contributed by atoms with Crippen molar-refractivity contribution in [1.82, 2.24) is 5.32 Å². The summed E-state index contributed by atoms with van der Waals surface area (Å²) in [4.78, 5) is 14.2. The number of amides is 2. The highest BCUT2D eigenvalue weighted by Crippen LogP contribution is 2.19. The van der Waals surface area contributed by atoms with Gasteiger partial charge in [-0.2, -0.15) is 0 Å². The second-order valence-electron chi connectivity index (χ2n) is 5.52. The lowest BCUT2D eigenvalue weighted by Crippen LogP contribution is -2.42. The highest BCUT2D eigenvalue weighted by atomic mass is 35.5. The minimum atomic E-state index is -3.16. The van der Waals surface area contributed by atoms with E-state index in [0.717, 1.165) is 18.8 Å². The molecule has 8 heteroatoms. The molecular weight excluding hydrogens is 338 g/mol. The Labute approximate surface area is 142 Å². The second-order valence-corrected chi connectivity index (χ2v) is 8.23. The molecule has 0 saturated carbocycles. The lowest BCUT2D eigenvalue weighted by Gasteiger charge is -2.21. The number of hydrogen-bond acceptors (Lipinski definition) is 4. The van der Waals surface area contributed by atoms with Crippen LogP contribution in [-0.2, 0) is 9.84 Å². The summed E-state index contributed by atoms with van der Waals surface area (Å²) in [5.41, 5.74) is 1.73. The Morgan fingerprint density at radius 2 is 1.83 bits per heavy atom. The van der Waals surface area contributed by atoms with Crippen LogP contribution >= 0.6 is 11.6 Å². The number of sulfone groups is 1. The van der Waals surface area contributed by atoms with Gasteiger partial charge < -0.3 is 15.5 Å². The molecule has 2 N–H and O–H groups in total. The molecule has 6 nitrogen and oxygen atoms in total. The summed E-state index contributed by atoms with van der Waals surface area (Å²) in [6, 6.07) is 6.50.